The van der Waals surface area contributed by atoms with Crippen molar-refractivity contribution in [2.45, 2.75) is 26.4 Å². The average Bonchev–Trinajstić information content (AvgIpc) is 2.82. The number of urea groups is 1. The first kappa shape index (κ1) is 13.1. The summed E-state index contributed by atoms with van der Waals surface area (Å²) in [7, 11) is 0. The number of nitrogens with two attached hydrogens (primary N) is 1. The number of nitrogens with one attached hydrogen (secondary N) is 1. The van der Waals surface area contributed by atoms with Crippen LogP contribution in [-0.2, 0) is 6.54 Å². The molecule has 0 saturated carbocycles. The lowest BCUT2D eigenvalue weighted by molar-refractivity contribution is 0.197. The average molecular weight is 276 g/mol. The second-order valence-electron chi connectivity index (χ2n) is 5.40. The van der Waals surface area contributed by atoms with Gasteiger partial charge in [-0.15, -0.1) is 5.10 Å². The third-order valence-corrected chi connectivity index (χ3v) is 4.30. The molecule has 1 aromatic rings. The number of hydrogen-bond donors (Lipinski definition) is 2. The van der Waals surface area contributed by atoms with Crippen LogP contribution >= 0.6 is 0 Å². The van der Waals surface area contributed by atoms with E-state index >= 15 is 0 Å². The third kappa shape index (κ3) is 1.98. The summed E-state index contributed by atoms with van der Waals surface area (Å²) < 4.78 is 0. The van der Waals surface area contributed by atoms with Gasteiger partial charge in [0.15, 0.2) is 5.82 Å². The highest BCUT2D eigenvalue weighted by Gasteiger charge is 2.36. The van der Waals surface area contributed by atoms with Gasteiger partial charge in [0.05, 0.1) is 11.7 Å². The summed E-state index contributed by atoms with van der Waals surface area (Å²) in [5, 5.41) is 11.4. The first-order valence-electron chi connectivity index (χ1n) is 6.94. The van der Waals surface area contributed by atoms with Crippen LogP contribution in [0, 0.1) is 13.8 Å². The summed E-state index contributed by atoms with van der Waals surface area (Å²) in [6.45, 7) is 7.41. The van der Waals surface area contributed by atoms with Crippen molar-refractivity contribution < 1.29 is 4.79 Å². The fourth-order valence-electron chi connectivity index (χ4n) is 2.94. The van der Waals surface area contributed by atoms with Crippen LogP contribution in [0.15, 0.2) is 0 Å². The number of amides is 2. The molecule has 2 saturated heterocycles. The summed E-state index contributed by atoms with van der Waals surface area (Å²) in [6.07, 6.45) is 0. The van der Waals surface area contributed by atoms with Crippen molar-refractivity contribution in [3.05, 3.63) is 16.8 Å². The fraction of sp³-hybridized carbons (Fsp3) is 0.615. The van der Waals surface area contributed by atoms with E-state index in [1.54, 1.807) is 0 Å². The minimum absolute atomic E-state index is 0.0415. The van der Waals surface area contributed by atoms with E-state index in [4.69, 9.17) is 5.73 Å². The van der Waals surface area contributed by atoms with Crippen LogP contribution in [0.4, 0.5) is 10.6 Å². The lowest BCUT2D eigenvalue weighted by atomic mass is 10.1. The summed E-state index contributed by atoms with van der Waals surface area (Å²) in [6, 6.07) is 0.255. The van der Waals surface area contributed by atoms with Crippen molar-refractivity contribution in [1.82, 2.24) is 20.4 Å². The predicted molar refractivity (Wildman–Crippen MR) is 75.5 cm³/mol. The molecule has 0 aromatic carbocycles. The normalized spacial score (nSPS) is 21.9. The van der Waals surface area contributed by atoms with Gasteiger partial charge in [-0.05, 0) is 19.4 Å². The van der Waals surface area contributed by atoms with Crippen LogP contribution in [0.2, 0.25) is 0 Å². The lowest BCUT2D eigenvalue weighted by Gasteiger charge is -2.37. The highest BCUT2D eigenvalue weighted by Crippen LogP contribution is 2.25. The fourth-order valence-corrected chi connectivity index (χ4v) is 2.94. The Balaban J connectivity index is 1.87. The molecule has 1 atom stereocenters. The Kier molecular flexibility index (Phi) is 3.21. The molecule has 20 heavy (non-hydrogen) atoms. The molecule has 7 heteroatoms. The van der Waals surface area contributed by atoms with Gasteiger partial charge in [0.2, 0.25) is 0 Å². The molecule has 3 N–H and O–H groups in total. The number of piperazine rings is 1. The number of anilines is 1. The van der Waals surface area contributed by atoms with Crippen molar-refractivity contribution in [2.24, 2.45) is 5.73 Å². The monoisotopic (exact) mass is 276 g/mol. The topological polar surface area (TPSA) is 87.4 Å². The SMILES string of the molecule is Cc1nnc(N2CCN3C(=O)NCC3C2)c(CN)c1C. The smallest absolute Gasteiger partial charge is 0.317 e. The minimum Gasteiger partial charge on any atom is -0.351 e. The van der Waals surface area contributed by atoms with Crippen LogP contribution in [0.1, 0.15) is 16.8 Å². The van der Waals surface area contributed by atoms with Crippen LogP contribution in [0.25, 0.3) is 0 Å². The molecular weight excluding hydrogens is 256 g/mol. The van der Waals surface area contributed by atoms with Crippen molar-refractivity contribution >= 4 is 11.8 Å². The molecule has 2 aliphatic rings. The van der Waals surface area contributed by atoms with E-state index in [0.717, 1.165) is 42.3 Å². The first-order valence-corrected chi connectivity index (χ1v) is 6.94. The predicted octanol–water partition coefficient (Wildman–Crippen LogP) is -0.234. The second-order valence-corrected chi connectivity index (χ2v) is 5.40. The molecule has 0 radical (unpaired) electrons. The molecule has 2 aliphatic heterocycles. The molecule has 2 fully saturated rings. The molecule has 108 valence electrons. The van der Waals surface area contributed by atoms with Crippen molar-refractivity contribution in [1.29, 1.82) is 0 Å². The highest BCUT2D eigenvalue weighted by atomic mass is 16.2. The van der Waals surface area contributed by atoms with Gasteiger partial charge in [-0.1, -0.05) is 0 Å². The zero-order chi connectivity index (χ0) is 14.3. The number of carbonyl (C=O) groups is 1. The van der Waals surface area contributed by atoms with E-state index in [-0.39, 0.29) is 12.1 Å². The molecule has 1 unspecified atom stereocenters. The zero-order valence-electron chi connectivity index (χ0n) is 11.9. The molecule has 0 spiro atoms. The third-order valence-electron chi connectivity index (χ3n) is 4.30. The molecule has 0 aliphatic carbocycles. The van der Waals surface area contributed by atoms with E-state index in [0.29, 0.717) is 13.1 Å². The number of nitrogens with zero attached hydrogens (tertiary/aromatic N) is 4. The van der Waals surface area contributed by atoms with Crippen LogP contribution in [0.5, 0.6) is 0 Å². The van der Waals surface area contributed by atoms with Gasteiger partial charge < -0.3 is 20.9 Å². The quantitative estimate of drug-likeness (QED) is 0.779. The maximum absolute atomic E-state index is 11.6. The van der Waals surface area contributed by atoms with Gasteiger partial charge in [0.1, 0.15) is 0 Å². The lowest BCUT2D eigenvalue weighted by Crippen LogP contribution is -2.52. The summed E-state index contributed by atoms with van der Waals surface area (Å²) in [5.41, 5.74) is 8.98. The molecule has 1 aromatic heterocycles. The van der Waals surface area contributed by atoms with Crippen LogP contribution in [0.3, 0.4) is 0 Å². The number of aromatic nitrogens is 2. The van der Waals surface area contributed by atoms with Gasteiger partial charge in [-0.25, -0.2) is 4.79 Å². The Morgan fingerprint density at radius 2 is 2.15 bits per heavy atom. The Labute approximate surface area is 118 Å². The highest BCUT2D eigenvalue weighted by molar-refractivity contribution is 5.77. The Bertz CT molecular complexity index is 546. The second kappa shape index (κ2) is 4.90. The summed E-state index contributed by atoms with van der Waals surface area (Å²) in [5.74, 6) is 0.870. The summed E-state index contributed by atoms with van der Waals surface area (Å²) >= 11 is 0. The van der Waals surface area contributed by atoms with Crippen molar-refractivity contribution in [3.63, 3.8) is 0 Å². The number of aryl methyl sites for hydroxylation is 1. The number of hydrogen-bond acceptors (Lipinski definition) is 5. The van der Waals surface area contributed by atoms with E-state index in [2.05, 4.69) is 20.4 Å². The van der Waals surface area contributed by atoms with E-state index < -0.39 is 0 Å². The van der Waals surface area contributed by atoms with Crippen LogP contribution < -0.4 is 16.0 Å². The van der Waals surface area contributed by atoms with E-state index in [1.807, 2.05) is 18.7 Å². The summed E-state index contributed by atoms with van der Waals surface area (Å²) in [4.78, 5) is 15.7. The van der Waals surface area contributed by atoms with Gasteiger partial charge in [-0.2, -0.15) is 5.10 Å². The Morgan fingerprint density at radius 1 is 1.35 bits per heavy atom. The van der Waals surface area contributed by atoms with Crippen molar-refractivity contribution in [3.8, 4) is 0 Å². The molecule has 7 nitrogen and oxygen atoms in total. The largest absolute Gasteiger partial charge is 0.351 e. The molecule has 3 heterocycles. The Hall–Kier alpha value is -1.89. The maximum atomic E-state index is 11.6. The van der Waals surface area contributed by atoms with E-state index in [9.17, 15) is 4.79 Å². The molecule has 0 bridgehead atoms. The molecule has 3 rings (SSSR count). The molecular formula is C13H20N6O. The first-order chi connectivity index (χ1) is 9.61. The standard InChI is InChI=1S/C13H20N6O/c1-8-9(2)16-17-12(11(8)5-14)18-3-4-19-10(7-18)6-15-13(19)20/h10H,3-7,14H2,1-2H3,(H,15,20). The number of carbonyl (C=O) groups excluding carboxylic acids is 1. The Morgan fingerprint density at radius 3 is 2.90 bits per heavy atom. The van der Waals surface area contributed by atoms with Gasteiger partial charge in [-0.3, -0.25) is 0 Å². The zero-order valence-corrected chi connectivity index (χ0v) is 11.9. The minimum atomic E-state index is 0.0415. The van der Waals surface area contributed by atoms with Gasteiger partial charge >= 0.3 is 6.03 Å². The number of fused-ring (bicyclic) bond motifs is 1. The van der Waals surface area contributed by atoms with Crippen LogP contribution in [-0.4, -0.2) is 53.3 Å². The van der Waals surface area contributed by atoms with Crippen molar-refractivity contribution in [2.75, 3.05) is 31.1 Å². The number of rotatable bonds is 2. The van der Waals surface area contributed by atoms with E-state index in [1.165, 1.54) is 0 Å². The van der Waals surface area contributed by atoms with Gasteiger partial charge in [0, 0.05) is 38.3 Å². The van der Waals surface area contributed by atoms with Gasteiger partial charge in [0.25, 0.3) is 0 Å². The maximum Gasteiger partial charge on any atom is 0.317 e. The molecule has 2 amide bonds.